The number of epoxide rings is 1. The molecule has 0 radical (unpaired) electrons. The molecule has 0 bridgehead atoms. The molecule has 1 amide bonds. The average molecular weight is 530 g/mol. The van der Waals surface area contributed by atoms with Gasteiger partial charge in [-0.1, -0.05) is 61.9 Å². The van der Waals surface area contributed by atoms with Crippen LogP contribution in [0.2, 0.25) is 0 Å². The van der Waals surface area contributed by atoms with Crippen LogP contribution in [0.25, 0.3) is 10.9 Å². The van der Waals surface area contributed by atoms with Crippen LogP contribution in [-0.4, -0.2) is 46.4 Å². The smallest absolute Gasteiger partial charge is 0.235 e. The minimum Gasteiger partial charge on any atom is -0.663 e. The van der Waals surface area contributed by atoms with E-state index in [-0.39, 0.29) is 60.2 Å². The van der Waals surface area contributed by atoms with Crippen LogP contribution in [0.4, 0.5) is 0 Å². The highest BCUT2D eigenvalue weighted by Crippen LogP contribution is 2.66. The van der Waals surface area contributed by atoms with E-state index in [1.54, 1.807) is 6.92 Å². The van der Waals surface area contributed by atoms with Crippen molar-refractivity contribution in [3.63, 3.8) is 0 Å². The van der Waals surface area contributed by atoms with Gasteiger partial charge in [-0.15, -0.1) is 5.52 Å². The normalized spacial score (nSPS) is 40.5. The molecule has 2 N–H and O–H groups in total. The first-order valence-electron chi connectivity index (χ1n) is 14.2. The fraction of sp³-hybridized carbons (Fsp3) is 0.531. The summed E-state index contributed by atoms with van der Waals surface area (Å²) in [4.78, 5) is 45.9. The SMILES string of the molecule is CC1=CC(C)CC=CC2C3OC3(C)C(C)C3C(Cc4c[n-]c5ccccc45)NC(=O)C23C(=O)CCC(O)C1=O. The Morgan fingerprint density at radius 1 is 1.18 bits per heavy atom. The third-order valence-corrected chi connectivity index (χ3v) is 10.1. The number of nitrogens with zero attached hydrogens (tertiary/aromatic N) is 1. The van der Waals surface area contributed by atoms with Crippen LogP contribution in [-0.2, 0) is 25.5 Å². The molecule has 4 aliphatic rings. The lowest BCUT2D eigenvalue weighted by atomic mass is 9.51. The number of aliphatic hydroxyl groups is 1. The van der Waals surface area contributed by atoms with Crippen molar-refractivity contribution >= 4 is 28.4 Å². The van der Waals surface area contributed by atoms with Gasteiger partial charge < -0.3 is 20.1 Å². The van der Waals surface area contributed by atoms with Gasteiger partial charge in [-0.25, -0.2) is 0 Å². The minimum atomic E-state index is -1.32. The second kappa shape index (κ2) is 9.27. The molecule has 3 fully saturated rings. The quantitative estimate of drug-likeness (QED) is 0.349. The molecule has 7 heteroatoms. The van der Waals surface area contributed by atoms with Gasteiger partial charge in [0.05, 0.1) is 11.7 Å². The van der Waals surface area contributed by atoms with Gasteiger partial charge in [0.15, 0.2) is 5.78 Å². The topological polar surface area (TPSA) is 110 Å². The molecule has 2 saturated heterocycles. The summed E-state index contributed by atoms with van der Waals surface area (Å²) in [7, 11) is 0. The van der Waals surface area contributed by atoms with E-state index in [4.69, 9.17) is 4.74 Å². The highest BCUT2D eigenvalue weighted by Gasteiger charge is 2.78. The number of nitrogens with one attached hydrogen (secondary N) is 1. The highest BCUT2D eigenvalue weighted by molar-refractivity contribution is 6.09. The third-order valence-electron chi connectivity index (χ3n) is 10.1. The molecule has 2 aliphatic heterocycles. The maximum absolute atomic E-state index is 14.3. The van der Waals surface area contributed by atoms with E-state index in [1.165, 1.54) is 0 Å². The van der Waals surface area contributed by atoms with Gasteiger partial charge in [0.1, 0.15) is 17.3 Å². The van der Waals surface area contributed by atoms with Crippen LogP contribution < -0.4 is 10.3 Å². The molecule has 39 heavy (non-hydrogen) atoms. The molecule has 9 unspecified atom stereocenters. The van der Waals surface area contributed by atoms with E-state index < -0.39 is 23.0 Å². The number of aromatic nitrogens is 1. The zero-order valence-corrected chi connectivity index (χ0v) is 23.0. The van der Waals surface area contributed by atoms with Crippen molar-refractivity contribution in [3.05, 3.63) is 59.8 Å². The number of ketones is 2. The summed E-state index contributed by atoms with van der Waals surface area (Å²) in [5.41, 5.74) is 0.719. The van der Waals surface area contributed by atoms with Crippen LogP contribution >= 0.6 is 0 Å². The minimum absolute atomic E-state index is 0.00530. The molecule has 1 spiro atoms. The summed E-state index contributed by atoms with van der Waals surface area (Å²) >= 11 is 0. The fourth-order valence-corrected chi connectivity index (χ4v) is 7.88. The summed E-state index contributed by atoms with van der Waals surface area (Å²) in [5, 5.41) is 15.0. The molecule has 206 valence electrons. The number of hydrogen-bond acceptors (Lipinski definition) is 5. The van der Waals surface area contributed by atoms with E-state index >= 15 is 0 Å². The second-order valence-electron chi connectivity index (χ2n) is 12.3. The number of carbonyl (C=O) groups excluding carboxylic acids is 3. The predicted molar refractivity (Wildman–Crippen MR) is 147 cm³/mol. The summed E-state index contributed by atoms with van der Waals surface area (Å²) in [5.74, 6) is -1.54. The predicted octanol–water partition coefficient (Wildman–Crippen LogP) is 3.69. The van der Waals surface area contributed by atoms with Crippen molar-refractivity contribution in [2.45, 2.75) is 77.2 Å². The Hall–Kier alpha value is -3.03. The molecule has 1 aromatic heterocycles. The Morgan fingerprint density at radius 2 is 1.95 bits per heavy atom. The van der Waals surface area contributed by atoms with E-state index in [0.717, 1.165) is 16.5 Å². The van der Waals surface area contributed by atoms with Crippen LogP contribution in [0.15, 0.2) is 54.3 Å². The number of rotatable bonds is 2. The first-order valence-corrected chi connectivity index (χ1v) is 14.2. The summed E-state index contributed by atoms with van der Waals surface area (Å²) in [6, 6.07) is 7.69. The summed E-state index contributed by atoms with van der Waals surface area (Å²) in [6.07, 6.45) is 7.48. The average Bonchev–Trinajstić information content (AvgIpc) is 3.31. The Bertz CT molecular complexity index is 1410. The Balaban J connectivity index is 1.43. The van der Waals surface area contributed by atoms with E-state index in [9.17, 15) is 19.5 Å². The van der Waals surface area contributed by atoms with Crippen LogP contribution in [0, 0.1) is 29.1 Å². The molecule has 6 rings (SSSR count). The van der Waals surface area contributed by atoms with Gasteiger partial charge in [0, 0.05) is 24.3 Å². The molecular formula is C32H37N2O5-. The standard InChI is InChI=1S/C32H37N2O5/c1-17-8-7-10-22-29-31(4,39-29)19(3)27-24(15-20-16-33-23-11-6-5-9-21(20)23)34-30(38)32(22,27)26(36)13-12-25(35)28(37)18(2)14-17/h5-7,9-11,14,16-17,19,22,24-25,27,29,35H,8,12-13,15H2,1-4H3,(H,34,38)/q-1. The van der Waals surface area contributed by atoms with Crippen molar-refractivity contribution in [2.24, 2.45) is 29.1 Å². The lowest BCUT2D eigenvalue weighted by Crippen LogP contribution is -2.58. The molecule has 1 saturated carbocycles. The maximum atomic E-state index is 14.3. The van der Waals surface area contributed by atoms with Crippen LogP contribution in [0.5, 0.6) is 0 Å². The zero-order chi connectivity index (χ0) is 27.7. The number of hydrogen-bond donors (Lipinski definition) is 2. The molecule has 2 aliphatic carbocycles. The fourth-order valence-electron chi connectivity index (χ4n) is 7.88. The Labute approximate surface area is 229 Å². The van der Waals surface area contributed by atoms with Gasteiger partial charge in [-0.3, -0.25) is 14.4 Å². The van der Waals surface area contributed by atoms with Gasteiger partial charge in [-0.2, -0.15) is 6.20 Å². The van der Waals surface area contributed by atoms with Crippen molar-refractivity contribution in [3.8, 4) is 0 Å². The van der Waals surface area contributed by atoms with Crippen LogP contribution in [0.1, 0.15) is 52.5 Å². The number of allylic oxidation sites excluding steroid dienone is 2. The zero-order valence-electron chi connectivity index (χ0n) is 23.0. The van der Waals surface area contributed by atoms with Crippen molar-refractivity contribution in [2.75, 3.05) is 0 Å². The highest BCUT2D eigenvalue weighted by atomic mass is 16.6. The molecular weight excluding hydrogens is 492 g/mol. The number of para-hydroxylation sites is 1. The van der Waals surface area contributed by atoms with E-state index in [0.29, 0.717) is 18.4 Å². The van der Waals surface area contributed by atoms with Gasteiger partial charge in [-0.05, 0) is 55.9 Å². The summed E-state index contributed by atoms with van der Waals surface area (Å²) < 4.78 is 6.35. The van der Waals surface area contributed by atoms with Crippen molar-refractivity contribution < 1.29 is 24.2 Å². The number of fused-ring (bicyclic) bond motifs is 3. The number of carbonyl (C=O) groups is 3. The molecule has 3 heterocycles. The number of benzene rings is 1. The van der Waals surface area contributed by atoms with E-state index in [2.05, 4.69) is 24.1 Å². The number of amides is 1. The molecule has 7 nitrogen and oxygen atoms in total. The van der Waals surface area contributed by atoms with E-state index in [1.807, 2.05) is 55.6 Å². The molecule has 1 aromatic carbocycles. The molecule has 9 atom stereocenters. The lowest BCUT2D eigenvalue weighted by molar-refractivity contribution is -0.148. The van der Waals surface area contributed by atoms with Crippen molar-refractivity contribution in [1.29, 1.82) is 0 Å². The van der Waals surface area contributed by atoms with Crippen LogP contribution in [0.3, 0.4) is 0 Å². The second-order valence-corrected chi connectivity index (χ2v) is 12.3. The Kier molecular flexibility index (Phi) is 6.23. The number of Topliss-reactive ketones (excluding diaryl/α,β-unsaturated/α-hetero) is 2. The number of aliphatic hydroxyl groups excluding tert-OH is 1. The Morgan fingerprint density at radius 3 is 2.74 bits per heavy atom. The number of ether oxygens (including phenoxy) is 1. The van der Waals surface area contributed by atoms with Gasteiger partial charge in [0.2, 0.25) is 5.91 Å². The largest absolute Gasteiger partial charge is 0.663 e. The lowest BCUT2D eigenvalue weighted by Gasteiger charge is -2.46. The summed E-state index contributed by atoms with van der Waals surface area (Å²) in [6.45, 7) is 7.93. The van der Waals surface area contributed by atoms with Gasteiger partial charge in [0.25, 0.3) is 0 Å². The molecule has 2 aromatic rings. The monoisotopic (exact) mass is 529 g/mol. The maximum Gasteiger partial charge on any atom is 0.235 e. The van der Waals surface area contributed by atoms with Gasteiger partial charge >= 0.3 is 0 Å². The third kappa shape index (κ3) is 3.88. The first-order chi connectivity index (χ1) is 18.6. The first kappa shape index (κ1) is 26.2. The van der Waals surface area contributed by atoms with Crippen molar-refractivity contribution in [1.82, 2.24) is 10.3 Å².